The van der Waals surface area contributed by atoms with Gasteiger partial charge in [0.25, 0.3) is 5.91 Å². The molecule has 1 N–H and O–H groups in total. The lowest BCUT2D eigenvalue weighted by Gasteiger charge is -2.32. The fourth-order valence-electron chi connectivity index (χ4n) is 3.29. The third kappa shape index (κ3) is 5.05. The molecule has 26 heavy (non-hydrogen) atoms. The number of amides is 1. The number of carbonyl (C=O) groups is 1. The number of likely N-dealkylation sites (tertiary alicyclic amines) is 1. The molecule has 2 heterocycles. The first-order valence-electron chi connectivity index (χ1n) is 9.20. The van der Waals surface area contributed by atoms with E-state index in [-0.39, 0.29) is 12.5 Å². The van der Waals surface area contributed by atoms with Gasteiger partial charge in [-0.1, -0.05) is 24.1 Å². The highest BCUT2D eigenvalue weighted by Gasteiger charge is 2.19. The first kappa shape index (κ1) is 18.9. The molecule has 140 valence electrons. The Hall–Kier alpha value is -1.92. The third-order valence-electron chi connectivity index (χ3n) is 4.79. The number of hydrogen-bond donors (Lipinski definition) is 1. The van der Waals surface area contributed by atoms with Crippen LogP contribution in [-0.2, 0) is 11.3 Å². The van der Waals surface area contributed by atoms with Crippen LogP contribution in [0.15, 0.2) is 24.4 Å². The van der Waals surface area contributed by atoms with Crippen molar-refractivity contribution in [3.63, 3.8) is 0 Å². The Kier molecular flexibility index (Phi) is 6.27. The van der Waals surface area contributed by atoms with Crippen LogP contribution in [0.2, 0.25) is 0 Å². The second-order valence-corrected chi connectivity index (χ2v) is 8.17. The number of carbonyl (C=O) groups excluding carboxylic acids is 1. The Bertz CT molecular complexity index is 759. The third-order valence-corrected chi connectivity index (χ3v) is 5.69. The minimum atomic E-state index is -0.183. The molecule has 1 fully saturated rings. The summed E-state index contributed by atoms with van der Waals surface area (Å²) in [5.41, 5.74) is 2.21. The van der Waals surface area contributed by atoms with E-state index in [1.54, 1.807) is 11.3 Å². The molecule has 1 atom stereocenters. The van der Waals surface area contributed by atoms with Crippen molar-refractivity contribution in [1.82, 2.24) is 9.88 Å². The van der Waals surface area contributed by atoms with Gasteiger partial charge >= 0.3 is 0 Å². The van der Waals surface area contributed by atoms with Crippen molar-refractivity contribution in [2.24, 2.45) is 0 Å². The highest BCUT2D eigenvalue weighted by atomic mass is 32.1. The highest BCUT2D eigenvalue weighted by Crippen LogP contribution is 2.24. The highest BCUT2D eigenvalue weighted by molar-refractivity contribution is 7.15. The monoisotopic (exact) mass is 373 g/mol. The van der Waals surface area contributed by atoms with Crippen LogP contribution < -0.4 is 10.1 Å². The number of thiazole rings is 1. The first-order chi connectivity index (χ1) is 12.5. The van der Waals surface area contributed by atoms with Crippen LogP contribution in [0.4, 0.5) is 5.13 Å². The number of ether oxygens (including phenoxy) is 1. The summed E-state index contributed by atoms with van der Waals surface area (Å²) in [6.07, 6.45) is 5.72. The van der Waals surface area contributed by atoms with Crippen LogP contribution in [0.25, 0.3) is 0 Å². The van der Waals surface area contributed by atoms with Gasteiger partial charge in [-0.25, -0.2) is 4.98 Å². The van der Waals surface area contributed by atoms with E-state index in [9.17, 15) is 4.79 Å². The second kappa shape index (κ2) is 8.64. The van der Waals surface area contributed by atoms with Crippen LogP contribution in [0, 0.1) is 13.8 Å². The number of aryl methyl sites for hydroxylation is 2. The van der Waals surface area contributed by atoms with E-state index in [0.29, 0.717) is 11.2 Å². The van der Waals surface area contributed by atoms with Gasteiger partial charge in [0.15, 0.2) is 11.7 Å². The molecule has 0 saturated carbocycles. The number of aromatic nitrogens is 1. The topological polar surface area (TPSA) is 54.5 Å². The van der Waals surface area contributed by atoms with Gasteiger partial charge < -0.3 is 4.74 Å². The van der Waals surface area contributed by atoms with Crippen molar-refractivity contribution in [3.05, 3.63) is 40.4 Å². The van der Waals surface area contributed by atoms with Crippen LogP contribution in [0.1, 0.15) is 42.2 Å². The quantitative estimate of drug-likeness (QED) is 0.826. The summed E-state index contributed by atoms with van der Waals surface area (Å²) in [5.74, 6) is 0.557. The molecule has 2 aromatic rings. The zero-order valence-electron chi connectivity index (χ0n) is 15.7. The lowest BCUT2D eigenvalue weighted by Crippen LogP contribution is -2.36. The summed E-state index contributed by atoms with van der Waals surface area (Å²) in [6, 6.07) is 6.55. The minimum Gasteiger partial charge on any atom is -0.483 e. The summed E-state index contributed by atoms with van der Waals surface area (Å²) in [7, 11) is 0. The zero-order valence-corrected chi connectivity index (χ0v) is 16.6. The summed E-state index contributed by atoms with van der Waals surface area (Å²) >= 11 is 1.54. The average molecular weight is 374 g/mol. The molecule has 1 aliphatic heterocycles. The van der Waals surface area contributed by atoms with E-state index in [1.165, 1.54) is 29.7 Å². The van der Waals surface area contributed by atoms with E-state index in [2.05, 4.69) is 22.1 Å². The minimum absolute atomic E-state index is 0.0119. The average Bonchev–Trinajstić information content (AvgIpc) is 3.03. The lowest BCUT2D eigenvalue weighted by molar-refractivity contribution is -0.118. The molecular weight excluding hydrogens is 346 g/mol. The Morgan fingerprint density at radius 2 is 2.23 bits per heavy atom. The van der Waals surface area contributed by atoms with E-state index in [4.69, 9.17) is 4.74 Å². The molecule has 0 aliphatic carbocycles. The maximum Gasteiger partial charge on any atom is 0.264 e. The first-order valence-corrected chi connectivity index (χ1v) is 10.0. The van der Waals surface area contributed by atoms with E-state index in [1.807, 2.05) is 38.2 Å². The van der Waals surface area contributed by atoms with Crippen LogP contribution in [0.5, 0.6) is 5.75 Å². The van der Waals surface area contributed by atoms with Gasteiger partial charge in [-0.15, -0.1) is 11.3 Å². The number of benzene rings is 1. The van der Waals surface area contributed by atoms with Gasteiger partial charge in [-0.2, -0.15) is 0 Å². The van der Waals surface area contributed by atoms with Gasteiger partial charge in [0.05, 0.1) is 0 Å². The molecule has 6 heteroatoms. The van der Waals surface area contributed by atoms with Gasteiger partial charge in [-0.05, 0) is 51.8 Å². The molecule has 1 unspecified atom stereocenters. The summed E-state index contributed by atoms with van der Waals surface area (Å²) < 4.78 is 5.62. The SMILES string of the molecule is Cc1ccc(OCC(=O)Nc2ncc(CN3CCCCC3C)s2)c(C)c1. The summed E-state index contributed by atoms with van der Waals surface area (Å²) in [4.78, 5) is 20.1. The Labute approximate surface area is 159 Å². The maximum atomic E-state index is 12.1. The fraction of sp³-hybridized carbons (Fsp3) is 0.500. The van der Waals surface area contributed by atoms with E-state index < -0.39 is 0 Å². The van der Waals surface area contributed by atoms with Crippen molar-refractivity contribution in [2.45, 2.75) is 52.6 Å². The molecule has 5 nitrogen and oxygen atoms in total. The summed E-state index contributed by atoms with van der Waals surface area (Å²) in [6.45, 7) is 8.34. The molecule has 1 saturated heterocycles. The zero-order chi connectivity index (χ0) is 18.5. The van der Waals surface area contributed by atoms with Gasteiger partial charge in [-0.3, -0.25) is 15.0 Å². The molecule has 1 aromatic carbocycles. The Balaban J connectivity index is 1.49. The normalized spacial score (nSPS) is 17.9. The largest absolute Gasteiger partial charge is 0.483 e. The molecule has 0 spiro atoms. The molecule has 0 bridgehead atoms. The van der Waals surface area contributed by atoms with Crippen molar-refractivity contribution >= 4 is 22.4 Å². The Morgan fingerprint density at radius 1 is 1.38 bits per heavy atom. The number of piperidine rings is 1. The van der Waals surface area contributed by atoms with Crippen molar-refractivity contribution in [1.29, 1.82) is 0 Å². The number of nitrogens with one attached hydrogen (secondary N) is 1. The van der Waals surface area contributed by atoms with Crippen molar-refractivity contribution < 1.29 is 9.53 Å². The van der Waals surface area contributed by atoms with Crippen LogP contribution in [-0.4, -0.2) is 35.0 Å². The predicted octanol–water partition coefficient (Wildman–Crippen LogP) is 4.15. The number of hydrogen-bond acceptors (Lipinski definition) is 5. The standard InChI is InChI=1S/C20H27N3O2S/c1-14-7-8-18(15(2)10-14)25-13-19(24)22-20-21-11-17(26-20)12-23-9-5-4-6-16(23)3/h7-8,10-11,16H,4-6,9,12-13H2,1-3H3,(H,21,22,24). The van der Waals surface area contributed by atoms with Crippen LogP contribution >= 0.6 is 11.3 Å². The summed E-state index contributed by atoms with van der Waals surface area (Å²) in [5, 5.41) is 3.47. The molecule has 0 radical (unpaired) electrons. The van der Waals surface area contributed by atoms with Gasteiger partial charge in [0.1, 0.15) is 5.75 Å². The number of anilines is 1. The molecule has 3 rings (SSSR count). The molecule has 1 aromatic heterocycles. The maximum absolute atomic E-state index is 12.1. The van der Waals surface area contributed by atoms with E-state index in [0.717, 1.165) is 24.4 Å². The predicted molar refractivity (Wildman–Crippen MR) is 106 cm³/mol. The molecule has 1 aliphatic rings. The smallest absolute Gasteiger partial charge is 0.264 e. The number of nitrogens with zero attached hydrogens (tertiary/aromatic N) is 2. The number of rotatable bonds is 6. The molecular formula is C20H27N3O2S. The van der Waals surface area contributed by atoms with Gasteiger partial charge in [0, 0.05) is 23.7 Å². The van der Waals surface area contributed by atoms with Crippen molar-refractivity contribution in [3.8, 4) is 5.75 Å². The second-order valence-electron chi connectivity index (χ2n) is 7.05. The Morgan fingerprint density at radius 3 is 3.00 bits per heavy atom. The lowest BCUT2D eigenvalue weighted by atomic mass is 10.0. The van der Waals surface area contributed by atoms with Crippen LogP contribution in [0.3, 0.4) is 0 Å². The van der Waals surface area contributed by atoms with Crippen molar-refractivity contribution in [2.75, 3.05) is 18.5 Å². The molecule has 1 amide bonds. The fourth-order valence-corrected chi connectivity index (χ4v) is 4.15. The van der Waals surface area contributed by atoms with Gasteiger partial charge in [0.2, 0.25) is 0 Å². The van der Waals surface area contributed by atoms with E-state index >= 15 is 0 Å².